The van der Waals surface area contributed by atoms with Crippen molar-refractivity contribution < 1.29 is 35.5 Å². The minimum atomic E-state index is -4.66. The zero-order valence-corrected chi connectivity index (χ0v) is 18.9. The highest BCUT2D eigenvalue weighted by Gasteiger charge is 2.46. The maximum absolute atomic E-state index is 14.1. The number of fused-ring (bicyclic) bond motifs is 2. The van der Waals surface area contributed by atoms with Gasteiger partial charge in [0.1, 0.15) is 28.8 Å². The molecule has 0 saturated carbocycles. The molecule has 37 heavy (non-hydrogen) atoms. The van der Waals surface area contributed by atoms with Gasteiger partial charge < -0.3 is 10.5 Å². The van der Waals surface area contributed by atoms with E-state index >= 15 is 0 Å². The lowest BCUT2D eigenvalue weighted by Gasteiger charge is -2.30. The van der Waals surface area contributed by atoms with Crippen LogP contribution in [-0.4, -0.2) is 62.6 Å². The van der Waals surface area contributed by atoms with Crippen molar-refractivity contribution >= 4 is 16.6 Å². The lowest BCUT2D eigenvalue weighted by atomic mass is 10.1. The first-order valence-electron chi connectivity index (χ1n) is 11.1. The van der Waals surface area contributed by atoms with Crippen molar-refractivity contribution in [3.05, 3.63) is 54.0 Å². The smallest absolute Gasteiger partial charge is 0.422 e. The Balaban J connectivity index is 1.58. The molecule has 7 nitrogen and oxygen atoms in total. The Morgan fingerprint density at radius 1 is 1.05 bits per heavy atom. The molecular formula is C23H19F7N6O. The number of likely N-dealkylation sites (tertiary alicyclic amines) is 1. The highest BCUT2D eigenvalue weighted by Crippen LogP contribution is 2.39. The quantitative estimate of drug-likeness (QED) is 0.380. The third kappa shape index (κ3) is 5.16. The molecule has 1 fully saturated rings. The van der Waals surface area contributed by atoms with Gasteiger partial charge in [0.2, 0.25) is 0 Å². The molecule has 0 radical (unpaired) electrons. The summed E-state index contributed by atoms with van der Waals surface area (Å²) in [7, 11) is 0. The lowest BCUT2D eigenvalue weighted by molar-refractivity contribution is -0.183. The summed E-state index contributed by atoms with van der Waals surface area (Å²) in [6.07, 6.45) is -7.55. The Morgan fingerprint density at radius 2 is 1.84 bits per heavy atom. The van der Waals surface area contributed by atoms with Crippen LogP contribution in [0.2, 0.25) is 0 Å². The molecule has 0 aliphatic carbocycles. The highest BCUT2D eigenvalue weighted by molar-refractivity contribution is 5.86. The topological polar surface area (TPSA) is 81.6 Å². The Labute approximate surface area is 204 Å². The molecule has 5 rings (SSSR count). The van der Waals surface area contributed by atoms with Crippen LogP contribution in [0, 0.1) is 5.82 Å². The van der Waals surface area contributed by atoms with Crippen LogP contribution < -0.4 is 10.5 Å². The fraction of sp³-hybridized carbons (Fsp3) is 0.348. The van der Waals surface area contributed by atoms with Gasteiger partial charge >= 0.3 is 12.4 Å². The fourth-order valence-corrected chi connectivity index (χ4v) is 4.46. The maximum Gasteiger partial charge on any atom is 0.422 e. The first kappa shape index (κ1) is 25.1. The van der Waals surface area contributed by atoms with Crippen LogP contribution in [-0.2, 0) is 0 Å². The normalized spacial score (nSPS) is 18.1. The SMILES string of the molecule is N[C@H]1CCN([C@H](c2ccc3nnc(-c4ccc5cc(F)cc(OCC(F)(F)F)c5n4)n3c2)C(F)(F)F)C1. The third-order valence-corrected chi connectivity index (χ3v) is 6.01. The number of hydrogen-bond donors (Lipinski definition) is 1. The molecule has 0 spiro atoms. The molecule has 0 bridgehead atoms. The Hall–Kier alpha value is -3.52. The minimum absolute atomic E-state index is 0.0453. The summed E-state index contributed by atoms with van der Waals surface area (Å²) in [4.78, 5) is 5.56. The van der Waals surface area contributed by atoms with E-state index in [2.05, 4.69) is 15.2 Å². The zero-order chi connectivity index (χ0) is 26.5. The van der Waals surface area contributed by atoms with Crippen molar-refractivity contribution in [3.8, 4) is 17.3 Å². The van der Waals surface area contributed by atoms with Gasteiger partial charge in [-0.25, -0.2) is 9.37 Å². The number of aromatic nitrogens is 4. The second kappa shape index (κ2) is 9.10. The Bertz CT molecular complexity index is 1450. The zero-order valence-electron chi connectivity index (χ0n) is 18.9. The van der Waals surface area contributed by atoms with Crippen LogP contribution in [0.25, 0.3) is 28.1 Å². The number of halogens is 7. The van der Waals surface area contributed by atoms with Gasteiger partial charge in [0.15, 0.2) is 18.1 Å². The van der Waals surface area contributed by atoms with Gasteiger partial charge in [-0.2, -0.15) is 26.3 Å². The van der Waals surface area contributed by atoms with E-state index in [4.69, 9.17) is 10.5 Å². The number of alkyl halides is 6. The van der Waals surface area contributed by atoms with Gasteiger partial charge in [-0.05, 0) is 30.2 Å². The van der Waals surface area contributed by atoms with Gasteiger partial charge in [0, 0.05) is 36.8 Å². The summed E-state index contributed by atoms with van der Waals surface area (Å²) in [5.41, 5.74) is 6.01. The van der Waals surface area contributed by atoms with E-state index in [0.29, 0.717) is 6.42 Å². The summed E-state index contributed by atoms with van der Waals surface area (Å²) < 4.78 is 100. The van der Waals surface area contributed by atoms with Crippen molar-refractivity contribution in [2.75, 3.05) is 19.7 Å². The molecule has 4 aromatic rings. The Kier molecular flexibility index (Phi) is 6.18. The predicted octanol–water partition coefficient (Wildman–Crippen LogP) is 4.66. The molecule has 4 heterocycles. The highest BCUT2D eigenvalue weighted by atomic mass is 19.4. The Morgan fingerprint density at radius 3 is 2.51 bits per heavy atom. The second-order valence-electron chi connectivity index (χ2n) is 8.78. The van der Waals surface area contributed by atoms with Crippen LogP contribution in [0.5, 0.6) is 5.75 Å². The number of benzene rings is 1. The monoisotopic (exact) mass is 528 g/mol. The largest absolute Gasteiger partial charge is 0.482 e. The number of nitrogens with two attached hydrogens (primary N) is 1. The first-order chi connectivity index (χ1) is 17.4. The van der Waals surface area contributed by atoms with E-state index in [9.17, 15) is 30.7 Å². The molecule has 3 aromatic heterocycles. The van der Waals surface area contributed by atoms with Crippen LogP contribution in [0.4, 0.5) is 30.7 Å². The van der Waals surface area contributed by atoms with Gasteiger partial charge in [-0.1, -0.05) is 12.1 Å². The van der Waals surface area contributed by atoms with Gasteiger partial charge in [0.05, 0.1) is 0 Å². The van der Waals surface area contributed by atoms with E-state index < -0.39 is 36.6 Å². The van der Waals surface area contributed by atoms with E-state index in [-0.39, 0.29) is 52.8 Å². The standard InChI is InChI=1S/C23H19F7N6O/c24-14-7-12-1-3-16(32-19(12)17(8-14)37-11-22(25,26)27)21-34-33-18-4-2-13(9-36(18)21)20(23(28,29)30)35-6-5-15(31)10-35/h1-4,7-9,15,20H,5-6,10-11,31H2/t15-,20+/m0/s1. The predicted molar refractivity (Wildman–Crippen MR) is 118 cm³/mol. The molecule has 1 aliphatic rings. The van der Waals surface area contributed by atoms with Gasteiger partial charge in [0.25, 0.3) is 0 Å². The van der Waals surface area contributed by atoms with Crippen LogP contribution >= 0.6 is 0 Å². The number of pyridine rings is 2. The van der Waals surface area contributed by atoms with Crippen molar-refractivity contribution in [2.24, 2.45) is 5.73 Å². The summed E-state index contributed by atoms with van der Waals surface area (Å²) in [6, 6.07) is 5.09. The van der Waals surface area contributed by atoms with E-state index in [1.165, 1.54) is 39.8 Å². The number of nitrogens with zero attached hydrogens (tertiary/aromatic N) is 5. The average molecular weight is 528 g/mol. The molecule has 0 amide bonds. The molecule has 1 saturated heterocycles. The van der Waals surface area contributed by atoms with Crippen molar-refractivity contribution in [3.63, 3.8) is 0 Å². The molecule has 0 unspecified atom stereocenters. The fourth-order valence-electron chi connectivity index (χ4n) is 4.46. The van der Waals surface area contributed by atoms with Crippen molar-refractivity contribution in [1.29, 1.82) is 0 Å². The number of ether oxygens (including phenoxy) is 1. The maximum atomic E-state index is 14.1. The molecule has 2 N–H and O–H groups in total. The molecule has 1 aromatic carbocycles. The van der Waals surface area contributed by atoms with Crippen molar-refractivity contribution in [1.82, 2.24) is 24.5 Å². The molecule has 196 valence electrons. The molecule has 1 aliphatic heterocycles. The second-order valence-corrected chi connectivity index (χ2v) is 8.78. The van der Waals surface area contributed by atoms with Gasteiger partial charge in [-0.15, -0.1) is 10.2 Å². The summed E-state index contributed by atoms with van der Waals surface area (Å²) in [5, 5.41) is 8.15. The third-order valence-electron chi connectivity index (χ3n) is 6.01. The van der Waals surface area contributed by atoms with Gasteiger partial charge in [-0.3, -0.25) is 9.30 Å². The minimum Gasteiger partial charge on any atom is -0.482 e. The van der Waals surface area contributed by atoms with E-state index in [1.807, 2.05) is 0 Å². The van der Waals surface area contributed by atoms with Crippen LogP contribution in [0.15, 0.2) is 42.6 Å². The molecular weight excluding hydrogens is 509 g/mol. The van der Waals surface area contributed by atoms with Crippen molar-refractivity contribution in [2.45, 2.75) is 30.9 Å². The molecule has 2 atom stereocenters. The summed E-state index contributed by atoms with van der Waals surface area (Å²) in [6.45, 7) is -1.39. The van der Waals surface area contributed by atoms with Crippen LogP contribution in [0.1, 0.15) is 18.0 Å². The van der Waals surface area contributed by atoms with E-state index in [0.717, 1.165) is 12.1 Å². The summed E-state index contributed by atoms with van der Waals surface area (Å²) >= 11 is 0. The first-order valence-corrected chi connectivity index (χ1v) is 11.1. The lowest BCUT2D eigenvalue weighted by Crippen LogP contribution is -2.38. The molecule has 14 heteroatoms. The average Bonchev–Trinajstić information content (AvgIpc) is 3.41. The number of hydrogen-bond acceptors (Lipinski definition) is 6. The number of rotatable bonds is 5. The van der Waals surface area contributed by atoms with E-state index in [1.54, 1.807) is 0 Å². The summed E-state index contributed by atoms with van der Waals surface area (Å²) in [5.74, 6) is -1.22. The van der Waals surface area contributed by atoms with Crippen LogP contribution in [0.3, 0.4) is 0 Å².